The summed E-state index contributed by atoms with van der Waals surface area (Å²) >= 11 is 0. The first-order valence-electron chi connectivity index (χ1n) is 6.83. The molecular formula is C13H28N2O. The molecule has 0 aromatic rings. The Morgan fingerprint density at radius 3 is 2.62 bits per heavy atom. The number of nitrogens with two attached hydrogens (primary N) is 1. The van der Waals surface area contributed by atoms with E-state index in [1.54, 1.807) is 0 Å². The lowest BCUT2D eigenvalue weighted by Crippen LogP contribution is -2.51. The average molecular weight is 228 g/mol. The highest BCUT2D eigenvalue weighted by Gasteiger charge is 2.37. The van der Waals surface area contributed by atoms with E-state index in [-0.39, 0.29) is 5.60 Å². The SMILES string of the molecule is CCCCCCCC(NN)C1(C)CCCO1. The van der Waals surface area contributed by atoms with E-state index in [1.165, 1.54) is 38.5 Å². The van der Waals surface area contributed by atoms with Crippen molar-refractivity contribution in [2.75, 3.05) is 6.61 Å². The fraction of sp³-hybridized carbons (Fsp3) is 1.00. The van der Waals surface area contributed by atoms with Gasteiger partial charge in [0.25, 0.3) is 0 Å². The van der Waals surface area contributed by atoms with Crippen LogP contribution in [0.1, 0.15) is 65.2 Å². The molecule has 1 heterocycles. The lowest BCUT2D eigenvalue weighted by Gasteiger charge is -2.32. The first-order chi connectivity index (χ1) is 7.73. The molecule has 16 heavy (non-hydrogen) atoms. The second-order valence-corrected chi connectivity index (χ2v) is 5.19. The first-order valence-corrected chi connectivity index (χ1v) is 6.83. The maximum Gasteiger partial charge on any atom is 0.0821 e. The number of hydrogen-bond acceptors (Lipinski definition) is 3. The molecule has 0 radical (unpaired) electrons. The summed E-state index contributed by atoms with van der Waals surface area (Å²) in [4.78, 5) is 0. The van der Waals surface area contributed by atoms with Crippen molar-refractivity contribution < 1.29 is 4.74 Å². The lowest BCUT2D eigenvalue weighted by molar-refractivity contribution is -0.0145. The summed E-state index contributed by atoms with van der Waals surface area (Å²) in [5.74, 6) is 5.65. The summed E-state index contributed by atoms with van der Waals surface area (Å²) in [5.41, 5.74) is 2.92. The van der Waals surface area contributed by atoms with E-state index in [2.05, 4.69) is 19.3 Å². The standard InChI is InChI=1S/C13H28N2O/c1-3-4-5-6-7-9-12(15-14)13(2)10-8-11-16-13/h12,15H,3-11,14H2,1-2H3. The van der Waals surface area contributed by atoms with Gasteiger partial charge in [0.15, 0.2) is 0 Å². The van der Waals surface area contributed by atoms with Crippen LogP contribution >= 0.6 is 0 Å². The third-order valence-electron chi connectivity index (χ3n) is 3.78. The maximum atomic E-state index is 5.83. The zero-order valence-electron chi connectivity index (χ0n) is 10.9. The van der Waals surface area contributed by atoms with E-state index >= 15 is 0 Å². The van der Waals surface area contributed by atoms with Crippen LogP contribution in [0.25, 0.3) is 0 Å². The van der Waals surface area contributed by atoms with Crippen molar-refractivity contribution in [2.24, 2.45) is 5.84 Å². The number of hydrogen-bond donors (Lipinski definition) is 2. The molecule has 1 fully saturated rings. The molecule has 1 saturated heterocycles. The van der Waals surface area contributed by atoms with Crippen LogP contribution in [0.3, 0.4) is 0 Å². The van der Waals surface area contributed by atoms with E-state index in [0.29, 0.717) is 6.04 Å². The lowest BCUT2D eigenvalue weighted by atomic mass is 9.89. The Balaban J connectivity index is 2.21. The summed E-state index contributed by atoms with van der Waals surface area (Å²) in [6.07, 6.45) is 10.0. The summed E-state index contributed by atoms with van der Waals surface area (Å²) < 4.78 is 5.83. The highest BCUT2D eigenvalue weighted by atomic mass is 16.5. The number of rotatable bonds is 8. The molecule has 2 atom stereocenters. The van der Waals surface area contributed by atoms with Crippen LogP contribution in [0.4, 0.5) is 0 Å². The van der Waals surface area contributed by atoms with E-state index in [0.717, 1.165) is 19.4 Å². The molecule has 3 nitrogen and oxygen atoms in total. The predicted molar refractivity (Wildman–Crippen MR) is 68.1 cm³/mol. The molecular weight excluding hydrogens is 200 g/mol. The van der Waals surface area contributed by atoms with Crippen molar-refractivity contribution in [3.8, 4) is 0 Å². The monoisotopic (exact) mass is 228 g/mol. The fourth-order valence-electron chi connectivity index (χ4n) is 2.59. The molecule has 0 aromatic carbocycles. The van der Waals surface area contributed by atoms with Crippen LogP contribution in [-0.4, -0.2) is 18.2 Å². The minimum atomic E-state index is -0.0283. The van der Waals surface area contributed by atoms with E-state index in [4.69, 9.17) is 10.6 Å². The van der Waals surface area contributed by atoms with E-state index < -0.39 is 0 Å². The van der Waals surface area contributed by atoms with Crippen LogP contribution in [0, 0.1) is 0 Å². The molecule has 3 N–H and O–H groups in total. The highest BCUT2D eigenvalue weighted by molar-refractivity contribution is 4.91. The molecule has 3 heteroatoms. The molecule has 1 aliphatic heterocycles. The molecule has 0 aliphatic carbocycles. The van der Waals surface area contributed by atoms with Crippen LogP contribution in [-0.2, 0) is 4.74 Å². The molecule has 0 bridgehead atoms. The Labute approximate surface area is 100 Å². The topological polar surface area (TPSA) is 47.3 Å². The predicted octanol–water partition coefficient (Wildman–Crippen LogP) is 2.75. The third-order valence-corrected chi connectivity index (χ3v) is 3.78. The van der Waals surface area contributed by atoms with Gasteiger partial charge in [-0.1, -0.05) is 39.0 Å². The summed E-state index contributed by atoms with van der Waals surface area (Å²) in [6.45, 7) is 5.33. The van der Waals surface area contributed by atoms with Gasteiger partial charge >= 0.3 is 0 Å². The number of ether oxygens (including phenoxy) is 1. The molecule has 0 amide bonds. The fourth-order valence-corrected chi connectivity index (χ4v) is 2.59. The summed E-state index contributed by atoms with van der Waals surface area (Å²) in [6, 6.07) is 0.316. The smallest absolute Gasteiger partial charge is 0.0821 e. The van der Waals surface area contributed by atoms with Crippen molar-refractivity contribution in [2.45, 2.75) is 76.9 Å². The van der Waals surface area contributed by atoms with Gasteiger partial charge in [-0.2, -0.15) is 0 Å². The molecule has 1 aliphatic rings. The largest absolute Gasteiger partial charge is 0.374 e. The highest BCUT2D eigenvalue weighted by Crippen LogP contribution is 2.30. The molecule has 0 spiro atoms. The summed E-state index contributed by atoms with van der Waals surface area (Å²) in [7, 11) is 0. The second kappa shape index (κ2) is 7.25. The van der Waals surface area contributed by atoms with E-state index in [1.807, 2.05) is 0 Å². The number of unbranched alkanes of at least 4 members (excludes halogenated alkanes) is 4. The Kier molecular flexibility index (Phi) is 6.32. The van der Waals surface area contributed by atoms with Gasteiger partial charge in [-0.3, -0.25) is 11.3 Å². The molecule has 96 valence electrons. The van der Waals surface area contributed by atoms with Crippen molar-refractivity contribution in [3.05, 3.63) is 0 Å². The minimum absolute atomic E-state index is 0.0283. The second-order valence-electron chi connectivity index (χ2n) is 5.19. The Morgan fingerprint density at radius 1 is 1.31 bits per heavy atom. The van der Waals surface area contributed by atoms with Gasteiger partial charge < -0.3 is 4.74 Å². The van der Waals surface area contributed by atoms with Gasteiger partial charge in [0.1, 0.15) is 0 Å². The van der Waals surface area contributed by atoms with Crippen LogP contribution < -0.4 is 11.3 Å². The van der Waals surface area contributed by atoms with Crippen LogP contribution in [0.5, 0.6) is 0 Å². The van der Waals surface area contributed by atoms with Crippen molar-refractivity contribution in [3.63, 3.8) is 0 Å². The van der Waals surface area contributed by atoms with Gasteiger partial charge in [0.05, 0.1) is 5.60 Å². The van der Waals surface area contributed by atoms with Gasteiger partial charge in [-0.25, -0.2) is 0 Å². The average Bonchev–Trinajstić information content (AvgIpc) is 2.71. The van der Waals surface area contributed by atoms with E-state index in [9.17, 15) is 0 Å². The third kappa shape index (κ3) is 4.04. The quantitative estimate of drug-likeness (QED) is 0.381. The molecule has 0 aromatic heterocycles. The minimum Gasteiger partial charge on any atom is -0.374 e. The van der Waals surface area contributed by atoms with Crippen molar-refractivity contribution in [1.82, 2.24) is 5.43 Å². The molecule has 2 unspecified atom stereocenters. The van der Waals surface area contributed by atoms with Gasteiger partial charge in [-0.05, 0) is 26.2 Å². The van der Waals surface area contributed by atoms with Crippen molar-refractivity contribution in [1.29, 1.82) is 0 Å². The summed E-state index contributed by atoms with van der Waals surface area (Å²) in [5, 5.41) is 0. The normalized spacial score (nSPS) is 27.2. The van der Waals surface area contributed by atoms with Crippen molar-refractivity contribution >= 4 is 0 Å². The zero-order valence-corrected chi connectivity index (χ0v) is 10.9. The van der Waals surface area contributed by atoms with Crippen LogP contribution in [0.15, 0.2) is 0 Å². The maximum absolute atomic E-state index is 5.83. The van der Waals surface area contributed by atoms with Gasteiger partial charge in [0.2, 0.25) is 0 Å². The Bertz CT molecular complexity index is 179. The molecule has 0 saturated carbocycles. The zero-order chi connectivity index (χ0) is 11.9. The number of nitrogens with one attached hydrogen (secondary N) is 1. The van der Waals surface area contributed by atoms with Crippen LogP contribution in [0.2, 0.25) is 0 Å². The van der Waals surface area contributed by atoms with Gasteiger partial charge in [-0.15, -0.1) is 0 Å². The Hall–Kier alpha value is -0.120. The van der Waals surface area contributed by atoms with Gasteiger partial charge in [0, 0.05) is 12.6 Å². The Morgan fingerprint density at radius 2 is 2.06 bits per heavy atom. The molecule has 1 rings (SSSR count). The number of hydrazine groups is 1. The first kappa shape index (κ1) is 13.9.